The lowest BCUT2D eigenvalue weighted by Crippen LogP contribution is -2.32. The largest absolute Gasteiger partial charge is 0.435 e. The molecule has 40 heavy (non-hydrogen) atoms. The molecule has 1 aliphatic heterocycles. The Bertz CT molecular complexity index is 1430. The van der Waals surface area contributed by atoms with Crippen molar-refractivity contribution in [2.24, 2.45) is 0 Å². The number of fused-ring (bicyclic) bond motifs is 7. The maximum Gasteiger partial charge on any atom is 0.322 e. The van der Waals surface area contributed by atoms with Gasteiger partial charge in [-0.3, -0.25) is 0 Å². The number of aryl methyl sites for hydroxylation is 2. The van der Waals surface area contributed by atoms with Crippen LogP contribution < -0.4 is 4.52 Å². The molecule has 0 amide bonds. The van der Waals surface area contributed by atoms with Gasteiger partial charge in [0.2, 0.25) is 0 Å². The van der Waals surface area contributed by atoms with Crippen molar-refractivity contribution in [3.05, 3.63) is 136 Å². The molecule has 4 aromatic carbocycles. The Balaban J connectivity index is 1.37. The Hall–Kier alpha value is -2.97. The minimum Gasteiger partial charge on any atom is -0.435 e. The molecule has 0 fully saturated rings. The molecule has 7 rings (SSSR count). The van der Waals surface area contributed by atoms with Gasteiger partial charge in [0, 0.05) is 23.6 Å². The zero-order valence-electron chi connectivity index (χ0n) is 23.5. The molecule has 3 aliphatic rings. The lowest BCUT2D eigenvalue weighted by atomic mass is 9.73. The average molecular weight is 548 g/mol. The van der Waals surface area contributed by atoms with Gasteiger partial charge in [-0.05, 0) is 91.8 Å². The molecule has 0 aromatic heterocycles. The Kier molecular flexibility index (Phi) is 7.22. The van der Waals surface area contributed by atoms with Gasteiger partial charge in [-0.25, -0.2) is 4.67 Å². The SMILES string of the molecule is C[C@H](c1ccccc1)N([C@H](C)c1ccccc1)P1Oc2ccc3c(c2[C@H]2c4ccccc4CC[C@H]2O1)CCCC3. The first-order valence-corrected chi connectivity index (χ1v) is 16.1. The smallest absolute Gasteiger partial charge is 0.322 e. The zero-order valence-corrected chi connectivity index (χ0v) is 24.4. The van der Waals surface area contributed by atoms with Gasteiger partial charge >= 0.3 is 8.53 Å². The van der Waals surface area contributed by atoms with E-state index >= 15 is 0 Å². The predicted molar refractivity (Wildman–Crippen MR) is 164 cm³/mol. The Morgan fingerprint density at radius 3 is 2.08 bits per heavy atom. The highest BCUT2D eigenvalue weighted by Gasteiger charge is 2.44. The average Bonchev–Trinajstić information content (AvgIpc) is 3.19. The van der Waals surface area contributed by atoms with Gasteiger partial charge in [-0.1, -0.05) is 91.0 Å². The second-order valence-corrected chi connectivity index (χ2v) is 12.9. The molecule has 3 nitrogen and oxygen atoms in total. The summed E-state index contributed by atoms with van der Waals surface area (Å²) in [6, 6.07) is 35.5. The fourth-order valence-corrected chi connectivity index (χ4v) is 9.02. The highest BCUT2D eigenvalue weighted by molar-refractivity contribution is 7.45. The van der Waals surface area contributed by atoms with Crippen molar-refractivity contribution in [1.82, 2.24) is 4.67 Å². The molecule has 1 unspecified atom stereocenters. The maximum absolute atomic E-state index is 7.26. The second-order valence-electron chi connectivity index (χ2n) is 11.6. The number of nitrogens with zero attached hydrogens (tertiary/aromatic N) is 1. The van der Waals surface area contributed by atoms with Crippen molar-refractivity contribution in [3.63, 3.8) is 0 Å². The third-order valence-corrected chi connectivity index (χ3v) is 11.1. The molecular weight excluding hydrogens is 509 g/mol. The summed E-state index contributed by atoms with van der Waals surface area (Å²) in [7, 11) is -1.39. The summed E-state index contributed by atoms with van der Waals surface area (Å²) < 4.78 is 16.9. The van der Waals surface area contributed by atoms with Gasteiger partial charge in [-0.2, -0.15) is 0 Å². The van der Waals surface area contributed by atoms with E-state index in [-0.39, 0.29) is 24.1 Å². The van der Waals surface area contributed by atoms with E-state index in [4.69, 9.17) is 9.05 Å². The minimum atomic E-state index is -1.39. The quantitative estimate of drug-likeness (QED) is 0.232. The fraction of sp³-hybridized carbons (Fsp3) is 0.333. The standard InChI is InChI=1S/C36H38NO2P/c1-25(27-13-5-3-6-14-27)37(26(2)28-15-7-4-8-16-28)40-38-33-23-21-29-17-9-11-19-31(29)35(33)36-32-20-12-10-18-30(32)22-24-34(36)39-40/h3-9,11,13-17,19,22,24-26,33,35H,10,12,18,20-21,23H2,1-2H3/t25-,26-,33-,35+,40?/m1/s1. The second kappa shape index (κ2) is 11.1. The van der Waals surface area contributed by atoms with Gasteiger partial charge < -0.3 is 9.05 Å². The minimum absolute atomic E-state index is 0.0872. The van der Waals surface area contributed by atoms with Crippen molar-refractivity contribution in [2.75, 3.05) is 0 Å². The molecule has 4 heteroatoms. The monoisotopic (exact) mass is 547 g/mol. The van der Waals surface area contributed by atoms with Crippen LogP contribution in [0.2, 0.25) is 0 Å². The van der Waals surface area contributed by atoms with Crippen LogP contribution in [0.3, 0.4) is 0 Å². The van der Waals surface area contributed by atoms with Crippen molar-refractivity contribution in [3.8, 4) is 5.75 Å². The summed E-state index contributed by atoms with van der Waals surface area (Å²) in [5.74, 6) is 1.24. The van der Waals surface area contributed by atoms with E-state index in [1.54, 1.807) is 0 Å². The zero-order chi connectivity index (χ0) is 27.1. The molecule has 0 spiro atoms. The van der Waals surface area contributed by atoms with E-state index < -0.39 is 8.53 Å². The summed E-state index contributed by atoms with van der Waals surface area (Å²) in [5, 5.41) is 0. The van der Waals surface area contributed by atoms with Gasteiger partial charge in [0.05, 0.1) is 6.10 Å². The lowest BCUT2D eigenvalue weighted by Gasteiger charge is -2.40. The normalized spacial score (nSPS) is 23.0. The van der Waals surface area contributed by atoms with E-state index in [9.17, 15) is 0 Å². The summed E-state index contributed by atoms with van der Waals surface area (Å²) in [6.07, 6.45) is 6.98. The number of hydrogen-bond acceptors (Lipinski definition) is 3. The Morgan fingerprint density at radius 2 is 1.35 bits per heavy atom. The molecule has 5 atom stereocenters. The van der Waals surface area contributed by atoms with E-state index in [2.05, 4.69) is 116 Å². The molecule has 0 bridgehead atoms. The summed E-state index contributed by atoms with van der Waals surface area (Å²) in [5.41, 5.74) is 9.88. The molecular formula is C36H38NO2P. The molecule has 0 saturated heterocycles. The van der Waals surface area contributed by atoms with Crippen molar-refractivity contribution in [1.29, 1.82) is 0 Å². The topological polar surface area (TPSA) is 21.7 Å². The third kappa shape index (κ3) is 4.69. The van der Waals surface area contributed by atoms with E-state index in [1.165, 1.54) is 58.2 Å². The van der Waals surface area contributed by atoms with E-state index in [0.717, 1.165) is 25.0 Å². The summed E-state index contributed by atoms with van der Waals surface area (Å²) >= 11 is 0. The van der Waals surface area contributed by atoms with Crippen LogP contribution in [0.1, 0.15) is 90.1 Å². The first kappa shape index (κ1) is 26.0. The Labute approximate surface area is 240 Å². The molecule has 0 radical (unpaired) electrons. The molecule has 204 valence electrons. The van der Waals surface area contributed by atoms with Crippen LogP contribution in [0.5, 0.6) is 5.75 Å². The number of benzene rings is 4. The van der Waals surface area contributed by atoms with Crippen LogP contribution in [0.15, 0.2) is 97.1 Å². The highest BCUT2D eigenvalue weighted by atomic mass is 31.2. The van der Waals surface area contributed by atoms with Crippen LogP contribution in [0.4, 0.5) is 0 Å². The van der Waals surface area contributed by atoms with E-state index in [1.807, 2.05) is 0 Å². The number of hydrogen-bond donors (Lipinski definition) is 0. The van der Waals surface area contributed by atoms with Crippen molar-refractivity contribution >= 4 is 8.53 Å². The molecule has 2 aliphatic carbocycles. The summed E-state index contributed by atoms with van der Waals surface area (Å²) in [6.45, 7) is 4.60. The molecule has 0 saturated carbocycles. The highest BCUT2D eigenvalue weighted by Crippen LogP contribution is 2.60. The fourth-order valence-electron chi connectivity index (χ4n) is 7.15. The lowest BCUT2D eigenvalue weighted by molar-refractivity contribution is 0.138. The van der Waals surface area contributed by atoms with Crippen LogP contribution in [-0.2, 0) is 23.8 Å². The number of rotatable bonds is 5. The molecule has 0 N–H and O–H groups in total. The van der Waals surface area contributed by atoms with Crippen molar-refractivity contribution < 1.29 is 9.05 Å². The first-order valence-electron chi connectivity index (χ1n) is 14.9. The predicted octanol–water partition coefficient (Wildman–Crippen LogP) is 9.47. The molecule has 4 aromatic rings. The summed E-state index contributed by atoms with van der Waals surface area (Å²) in [4.78, 5) is 0. The van der Waals surface area contributed by atoms with Gasteiger partial charge in [0.1, 0.15) is 5.75 Å². The molecule has 1 heterocycles. The van der Waals surface area contributed by atoms with Gasteiger partial charge in [0.25, 0.3) is 0 Å². The Morgan fingerprint density at radius 1 is 0.700 bits per heavy atom. The van der Waals surface area contributed by atoms with Crippen LogP contribution in [-0.4, -0.2) is 10.8 Å². The third-order valence-electron chi connectivity index (χ3n) is 9.26. The maximum atomic E-state index is 7.26. The van der Waals surface area contributed by atoms with Crippen LogP contribution in [0.25, 0.3) is 0 Å². The van der Waals surface area contributed by atoms with Crippen LogP contribution >= 0.6 is 8.53 Å². The van der Waals surface area contributed by atoms with Gasteiger partial charge in [-0.15, -0.1) is 0 Å². The van der Waals surface area contributed by atoms with Crippen molar-refractivity contribution in [2.45, 2.75) is 76.5 Å². The first-order chi connectivity index (χ1) is 19.7. The van der Waals surface area contributed by atoms with Crippen LogP contribution in [0, 0.1) is 0 Å². The van der Waals surface area contributed by atoms with E-state index in [0.29, 0.717) is 0 Å². The van der Waals surface area contributed by atoms with Gasteiger partial charge in [0.15, 0.2) is 0 Å².